The number of benzene rings is 2. The summed E-state index contributed by atoms with van der Waals surface area (Å²) >= 11 is 0. The van der Waals surface area contributed by atoms with E-state index in [0.717, 1.165) is 22.4 Å². The van der Waals surface area contributed by atoms with Gasteiger partial charge < -0.3 is 5.32 Å². The highest BCUT2D eigenvalue weighted by atomic mass is 19.3. The summed E-state index contributed by atoms with van der Waals surface area (Å²) in [5.41, 5.74) is 3.69. The van der Waals surface area contributed by atoms with Crippen LogP contribution in [0.15, 0.2) is 42.5 Å². The van der Waals surface area contributed by atoms with E-state index in [9.17, 15) is 9.32 Å². The second-order valence-electron chi connectivity index (χ2n) is 3.89. The van der Waals surface area contributed by atoms with Crippen molar-refractivity contribution in [2.24, 2.45) is 0 Å². The summed E-state index contributed by atoms with van der Waals surface area (Å²) in [7, 11) is 0. The molecular formula is C14H12FNO2. The highest BCUT2D eigenvalue weighted by Gasteiger charge is 2.02. The van der Waals surface area contributed by atoms with E-state index in [0.29, 0.717) is 6.41 Å². The first kappa shape index (κ1) is 12.1. The van der Waals surface area contributed by atoms with Crippen molar-refractivity contribution in [3.05, 3.63) is 48.0 Å². The summed E-state index contributed by atoms with van der Waals surface area (Å²) in [5.74, 6) is 0.176. The van der Waals surface area contributed by atoms with E-state index in [1.807, 2.05) is 25.1 Å². The summed E-state index contributed by atoms with van der Waals surface area (Å²) in [4.78, 5) is 14.0. The Morgan fingerprint density at radius 3 is 2.33 bits per heavy atom. The zero-order valence-electron chi connectivity index (χ0n) is 9.81. The van der Waals surface area contributed by atoms with Crippen LogP contribution in [0, 0.1) is 6.92 Å². The van der Waals surface area contributed by atoms with Crippen molar-refractivity contribution in [1.29, 1.82) is 0 Å². The maximum atomic E-state index is 11.9. The van der Waals surface area contributed by atoms with Gasteiger partial charge in [0.1, 0.15) is 0 Å². The first-order chi connectivity index (χ1) is 8.74. The Morgan fingerprint density at radius 1 is 1.11 bits per heavy atom. The van der Waals surface area contributed by atoms with Crippen molar-refractivity contribution in [2.45, 2.75) is 6.92 Å². The lowest BCUT2D eigenvalue weighted by atomic mass is 10.0. The zero-order chi connectivity index (χ0) is 13.0. The molecule has 0 bridgehead atoms. The molecule has 0 atom stereocenters. The zero-order valence-corrected chi connectivity index (χ0v) is 9.81. The number of hydrogen-bond acceptors (Lipinski definition) is 2. The van der Waals surface area contributed by atoms with E-state index >= 15 is 0 Å². The molecule has 3 nitrogen and oxygen atoms in total. The van der Waals surface area contributed by atoms with Crippen LogP contribution >= 0.6 is 0 Å². The van der Waals surface area contributed by atoms with Gasteiger partial charge in [0.25, 0.3) is 0 Å². The molecule has 0 spiro atoms. The fourth-order valence-corrected chi connectivity index (χ4v) is 1.77. The molecule has 18 heavy (non-hydrogen) atoms. The summed E-state index contributed by atoms with van der Waals surface area (Å²) in [6.07, 6.45) is 0.648. The molecule has 1 N–H and O–H groups in total. The van der Waals surface area contributed by atoms with Gasteiger partial charge in [0.05, 0.1) is 0 Å². The van der Waals surface area contributed by atoms with Crippen molar-refractivity contribution in [3.8, 4) is 16.9 Å². The van der Waals surface area contributed by atoms with Gasteiger partial charge in [0.2, 0.25) is 6.41 Å². The van der Waals surface area contributed by atoms with Crippen LogP contribution in [-0.2, 0) is 4.79 Å². The number of aryl methyl sites for hydroxylation is 1. The minimum Gasteiger partial charge on any atom is -0.328 e. The van der Waals surface area contributed by atoms with Gasteiger partial charge in [0.15, 0.2) is 5.75 Å². The van der Waals surface area contributed by atoms with Gasteiger partial charge in [-0.15, -0.1) is 0 Å². The average Bonchev–Trinajstić information content (AvgIpc) is 2.41. The molecule has 0 aliphatic carbocycles. The van der Waals surface area contributed by atoms with Crippen LogP contribution in [0.3, 0.4) is 0 Å². The van der Waals surface area contributed by atoms with E-state index in [1.54, 1.807) is 24.3 Å². The molecule has 2 aromatic carbocycles. The van der Waals surface area contributed by atoms with Crippen molar-refractivity contribution in [1.82, 2.24) is 0 Å². The number of halogens is 1. The Balaban J connectivity index is 2.32. The quantitative estimate of drug-likeness (QED) is 0.837. The molecule has 0 aliphatic rings. The second kappa shape index (κ2) is 5.31. The molecule has 1 amide bonds. The van der Waals surface area contributed by atoms with Gasteiger partial charge >= 0.3 is 0 Å². The van der Waals surface area contributed by atoms with E-state index in [4.69, 9.17) is 0 Å². The van der Waals surface area contributed by atoms with Crippen molar-refractivity contribution in [2.75, 3.05) is 5.32 Å². The predicted octanol–water partition coefficient (Wildman–Crippen LogP) is 3.49. The third-order valence-electron chi connectivity index (χ3n) is 2.72. The van der Waals surface area contributed by atoms with Crippen molar-refractivity contribution >= 4 is 12.1 Å². The number of rotatable bonds is 4. The molecule has 0 aliphatic heterocycles. The fraction of sp³-hybridized carbons (Fsp3) is 0.0714. The number of hydrogen-bond donors (Lipinski definition) is 1. The van der Waals surface area contributed by atoms with Crippen molar-refractivity contribution in [3.63, 3.8) is 0 Å². The highest BCUT2D eigenvalue weighted by Crippen LogP contribution is 2.26. The Hall–Kier alpha value is -2.36. The molecule has 2 aromatic rings. The summed E-state index contributed by atoms with van der Waals surface area (Å²) in [6, 6.07) is 12.3. The molecule has 0 heterocycles. The van der Waals surface area contributed by atoms with E-state index in [2.05, 4.69) is 10.3 Å². The van der Waals surface area contributed by atoms with Crippen LogP contribution in [-0.4, -0.2) is 6.41 Å². The number of carbonyl (C=O) groups is 1. The van der Waals surface area contributed by atoms with E-state index < -0.39 is 0 Å². The molecule has 0 fully saturated rings. The lowest BCUT2D eigenvalue weighted by Crippen LogP contribution is -1.96. The summed E-state index contributed by atoms with van der Waals surface area (Å²) in [6.45, 7) is 1.91. The lowest BCUT2D eigenvalue weighted by Gasteiger charge is -2.07. The van der Waals surface area contributed by atoms with Crippen LogP contribution in [0.1, 0.15) is 5.56 Å². The van der Waals surface area contributed by atoms with Crippen LogP contribution in [0.25, 0.3) is 11.1 Å². The van der Waals surface area contributed by atoms with Gasteiger partial charge in [-0.25, -0.2) is 0 Å². The molecular weight excluding hydrogens is 233 g/mol. The van der Waals surface area contributed by atoms with Crippen LogP contribution in [0.5, 0.6) is 5.75 Å². The second-order valence-corrected chi connectivity index (χ2v) is 3.89. The van der Waals surface area contributed by atoms with Crippen LogP contribution < -0.4 is 10.3 Å². The topological polar surface area (TPSA) is 38.3 Å². The monoisotopic (exact) mass is 245 g/mol. The molecule has 4 heteroatoms. The molecule has 0 saturated heterocycles. The highest BCUT2D eigenvalue weighted by molar-refractivity contribution is 5.76. The third kappa shape index (κ3) is 2.48. The minimum absolute atomic E-state index is 0.176. The van der Waals surface area contributed by atoms with Gasteiger partial charge in [-0.1, -0.05) is 18.2 Å². The largest absolute Gasteiger partial charge is 0.328 e. The van der Waals surface area contributed by atoms with Gasteiger partial charge in [-0.05, 0) is 47.9 Å². The smallest absolute Gasteiger partial charge is 0.211 e. The summed E-state index contributed by atoms with van der Waals surface area (Å²) < 4.78 is 11.9. The van der Waals surface area contributed by atoms with Gasteiger partial charge in [-0.3, -0.25) is 9.74 Å². The first-order valence-electron chi connectivity index (χ1n) is 5.44. The van der Waals surface area contributed by atoms with E-state index in [-0.39, 0.29) is 5.75 Å². The molecule has 0 radical (unpaired) electrons. The SMILES string of the molecule is Cc1cc(-c2ccc(OF)cc2)ccc1NC=O. The fourth-order valence-electron chi connectivity index (χ4n) is 1.77. The summed E-state index contributed by atoms with van der Waals surface area (Å²) in [5, 5.41) is 2.62. The number of nitrogens with one attached hydrogen (secondary N) is 1. The number of amides is 1. The maximum Gasteiger partial charge on any atom is 0.211 e. The number of carbonyl (C=O) groups excluding carboxylic acids is 1. The molecule has 0 saturated carbocycles. The van der Waals surface area contributed by atoms with Crippen LogP contribution in [0.4, 0.5) is 10.2 Å². The average molecular weight is 245 g/mol. The normalized spacial score (nSPS) is 9.89. The molecule has 0 aromatic heterocycles. The van der Waals surface area contributed by atoms with Crippen molar-refractivity contribution < 1.29 is 14.3 Å². The minimum atomic E-state index is 0.176. The molecule has 2 rings (SSSR count). The first-order valence-corrected chi connectivity index (χ1v) is 5.44. The van der Waals surface area contributed by atoms with Gasteiger partial charge in [-0.2, -0.15) is 0 Å². The van der Waals surface area contributed by atoms with E-state index in [1.165, 1.54) is 0 Å². The third-order valence-corrected chi connectivity index (χ3v) is 2.72. The lowest BCUT2D eigenvalue weighted by molar-refractivity contribution is -0.105. The molecule has 92 valence electrons. The Kier molecular flexibility index (Phi) is 3.57. The standard InChI is InChI=1S/C14H12FNO2/c1-10-8-12(4-7-14(10)16-9-17)11-2-5-13(18-15)6-3-11/h2-9H,1H3,(H,16,17). The predicted molar refractivity (Wildman–Crippen MR) is 68.0 cm³/mol. The Bertz CT molecular complexity index is 552. The Morgan fingerprint density at radius 2 is 1.78 bits per heavy atom. The number of anilines is 1. The Labute approximate surface area is 104 Å². The van der Waals surface area contributed by atoms with Gasteiger partial charge in [0, 0.05) is 10.2 Å². The maximum absolute atomic E-state index is 11.9. The molecule has 0 unspecified atom stereocenters. The van der Waals surface area contributed by atoms with Crippen LogP contribution in [0.2, 0.25) is 0 Å².